The van der Waals surface area contributed by atoms with Crippen LogP contribution in [0.15, 0.2) is 24.5 Å². The maximum absolute atomic E-state index is 12.8. The van der Waals surface area contributed by atoms with Crippen molar-refractivity contribution in [3.05, 3.63) is 35.8 Å². The second kappa shape index (κ2) is 7.72. The van der Waals surface area contributed by atoms with Gasteiger partial charge in [0.05, 0.1) is 17.9 Å². The Morgan fingerprint density at radius 3 is 2.84 bits per heavy atom. The van der Waals surface area contributed by atoms with Crippen molar-refractivity contribution in [2.24, 2.45) is 0 Å². The van der Waals surface area contributed by atoms with Crippen LogP contribution >= 0.6 is 0 Å². The number of nitrogens with one attached hydrogen (secondary N) is 1. The fourth-order valence-electron chi connectivity index (χ4n) is 4.02. The SMILES string of the molecule is CC1c2ncnc(N)c2NC(=O)CC1c1ccc2c(c1)N(C(=O)OC(C)(C)C)CCO2. The van der Waals surface area contributed by atoms with Gasteiger partial charge in [0.25, 0.3) is 0 Å². The van der Waals surface area contributed by atoms with Crippen LogP contribution in [-0.4, -0.2) is 40.7 Å². The van der Waals surface area contributed by atoms with Crippen molar-refractivity contribution in [3.63, 3.8) is 0 Å². The Kier molecular flexibility index (Phi) is 5.20. The fraction of sp³-hybridized carbons (Fsp3) is 0.455. The van der Waals surface area contributed by atoms with Gasteiger partial charge < -0.3 is 20.5 Å². The standard InChI is InChI=1S/C22H27N5O4/c1-12-14(10-17(28)26-19-18(12)24-11-25-20(19)23)13-5-6-16-15(9-13)27(7-8-30-16)21(29)31-22(2,3)4/h5-6,9,11-12,14H,7-8,10H2,1-4H3,(H,26,28)(H2,23,24,25). The van der Waals surface area contributed by atoms with E-state index in [4.69, 9.17) is 15.2 Å². The van der Waals surface area contributed by atoms with E-state index in [0.717, 1.165) is 5.56 Å². The number of aromatic nitrogens is 2. The van der Waals surface area contributed by atoms with Gasteiger partial charge in [-0.15, -0.1) is 0 Å². The first kappa shape index (κ1) is 20.9. The lowest BCUT2D eigenvalue weighted by Gasteiger charge is -2.32. The highest BCUT2D eigenvalue weighted by molar-refractivity contribution is 5.96. The van der Waals surface area contributed by atoms with Crippen molar-refractivity contribution in [2.75, 3.05) is 29.1 Å². The van der Waals surface area contributed by atoms with Crippen LogP contribution < -0.4 is 20.7 Å². The quantitative estimate of drug-likeness (QED) is 0.718. The van der Waals surface area contributed by atoms with Crippen LogP contribution in [-0.2, 0) is 9.53 Å². The number of carbonyl (C=O) groups is 2. The Balaban J connectivity index is 1.72. The summed E-state index contributed by atoms with van der Waals surface area (Å²) in [6.45, 7) is 8.28. The molecule has 0 radical (unpaired) electrons. The van der Waals surface area contributed by atoms with E-state index in [1.54, 1.807) is 4.90 Å². The second-order valence-electron chi connectivity index (χ2n) is 8.87. The monoisotopic (exact) mass is 425 g/mol. The summed E-state index contributed by atoms with van der Waals surface area (Å²) < 4.78 is 11.3. The molecule has 2 atom stereocenters. The number of rotatable bonds is 1. The fourth-order valence-corrected chi connectivity index (χ4v) is 4.02. The molecule has 0 spiro atoms. The van der Waals surface area contributed by atoms with E-state index in [1.807, 2.05) is 45.9 Å². The Hall–Kier alpha value is -3.36. The number of fused-ring (bicyclic) bond motifs is 2. The molecule has 3 heterocycles. The minimum absolute atomic E-state index is 0.100. The van der Waals surface area contributed by atoms with Gasteiger partial charge in [-0.25, -0.2) is 14.8 Å². The van der Waals surface area contributed by atoms with Gasteiger partial charge in [0.2, 0.25) is 5.91 Å². The predicted molar refractivity (Wildman–Crippen MR) is 116 cm³/mol. The van der Waals surface area contributed by atoms with Crippen molar-refractivity contribution in [3.8, 4) is 5.75 Å². The summed E-state index contributed by atoms with van der Waals surface area (Å²) in [5, 5.41) is 2.84. The molecule has 2 aliphatic heterocycles. The molecule has 3 N–H and O–H groups in total. The normalized spacial score (nSPS) is 20.6. The molecule has 0 saturated carbocycles. The Morgan fingerprint density at radius 1 is 1.32 bits per heavy atom. The lowest BCUT2D eigenvalue weighted by atomic mass is 9.82. The maximum Gasteiger partial charge on any atom is 0.415 e. The van der Waals surface area contributed by atoms with E-state index in [1.165, 1.54) is 6.33 Å². The molecule has 2 unspecified atom stereocenters. The first-order valence-electron chi connectivity index (χ1n) is 10.3. The third-order valence-electron chi connectivity index (χ3n) is 5.50. The molecule has 164 valence electrons. The van der Waals surface area contributed by atoms with Crippen molar-refractivity contribution in [1.82, 2.24) is 9.97 Å². The maximum atomic E-state index is 12.8. The van der Waals surface area contributed by atoms with Crippen molar-refractivity contribution < 1.29 is 19.1 Å². The zero-order valence-electron chi connectivity index (χ0n) is 18.1. The lowest BCUT2D eigenvalue weighted by molar-refractivity contribution is -0.116. The van der Waals surface area contributed by atoms with Gasteiger partial charge in [0, 0.05) is 18.3 Å². The molecule has 1 aromatic heterocycles. The Bertz CT molecular complexity index is 1030. The van der Waals surface area contributed by atoms with E-state index in [9.17, 15) is 9.59 Å². The summed E-state index contributed by atoms with van der Waals surface area (Å²) in [4.78, 5) is 35.4. The molecule has 31 heavy (non-hydrogen) atoms. The largest absolute Gasteiger partial charge is 0.490 e. The van der Waals surface area contributed by atoms with Gasteiger partial charge in [0.1, 0.15) is 30.0 Å². The van der Waals surface area contributed by atoms with E-state index < -0.39 is 11.7 Å². The number of carbonyl (C=O) groups excluding carboxylic acids is 2. The molecule has 0 saturated heterocycles. The molecule has 9 heteroatoms. The zero-order chi connectivity index (χ0) is 22.3. The van der Waals surface area contributed by atoms with Crippen LogP contribution in [0.3, 0.4) is 0 Å². The first-order chi connectivity index (χ1) is 14.6. The average Bonchev–Trinajstić information content (AvgIpc) is 2.83. The Labute approximate surface area is 180 Å². The molecule has 0 bridgehead atoms. The summed E-state index contributed by atoms with van der Waals surface area (Å²) in [5.74, 6) is 0.439. The van der Waals surface area contributed by atoms with Crippen molar-refractivity contribution in [2.45, 2.75) is 51.6 Å². The minimum Gasteiger partial charge on any atom is -0.490 e. The zero-order valence-corrected chi connectivity index (χ0v) is 18.1. The topological polar surface area (TPSA) is 120 Å². The summed E-state index contributed by atoms with van der Waals surface area (Å²) in [7, 11) is 0. The third kappa shape index (κ3) is 4.12. The second-order valence-corrected chi connectivity index (χ2v) is 8.87. The van der Waals surface area contributed by atoms with E-state index in [0.29, 0.717) is 36.0 Å². The molecular formula is C22H27N5O4. The third-order valence-corrected chi connectivity index (χ3v) is 5.50. The molecule has 0 aliphatic carbocycles. The van der Waals surface area contributed by atoms with Gasteiger partial charge >= 0.3 is 6.09 Å². The van der Waals surface area contributed by atoms with Crippen LogP contribution in [0.5, 0.6) is 5.75 Å². The molecule has 1 aromatic carbocycles. The van der Waals surface area contributed by atoms with E-state index >= 15 is 0 Å². The van der Waals surface area contributed by atoms with Gasteiger partial charge in [-0.1, -0.05) is 13.0 Å². The van der Waals surface area contributed by atoms with Gasteiger partial charge in [-0.05, 0) is 38.5 Å². The number of ether oxygens (including phenoxy) is 2. The number of nitrogens with two attached hydrogens (primary N) is 1. The number of nitrogens with zero attached hydrogens (tertiary/aromatic N) is 3. The summed E-state index contributed by atoms with van der Waals surface area (Å²) >= 11 is 0. The van der Waals surface area contributed by atoms with E-state index in [-0.39, 0.29) is 30.0 Å². The molecule has 0 fully saturated rings. The number of nitrogen functional groups attached to an aromatic ring is 1. The highest BCUT2D eigenvalue weighted by Gasteiger charge is 2.34. The summed E-state index contributed by atoms with van der Waals surface area (Å²) in [5.41, 5.74) is 8.08. The first-order valence-corrected chi connectivity index (χ1v) is 10.3. The van der Waals surface area contributed by atoms with Crippen molar-refractivity contribution in [1.29, 1.82) is 0 Å². The molecule has 2 aliphatic rings. The van der Waals surface area contributed by atoms with Crippen LogP contribution in [0.2, 0.25) is 0 Å². The number of amides is 2. The van der Waals surface area contributed by atoms with Gasteiger partial charge in [-0.3, -0.25) is 9.69 Å². The molecule has 9 nitrogen and oxygen atoms in total. The van der Waals surface area contributed by atoms with Crippen LogP contribution in [0, 0.1) is 0 Å². The number of hydrogen-bond acceptors (Lipinski definition) is 7. The average molecular weight is 425 g/mol. The van der Waals surface area contributed by atoms with Crippen LogP contribution in [0.4, 0.5) is 22.0 Å². The van der Waals surface area contributed by atoms with Crippen LogP contribution in [0.1, 0.15) is 57.2 Å². The van der Waals surface area contributed by atoms with Gasteiger partial charge in [-0.2, -0.15) is 0 Å². The minimum atomic E-state index is -0.607. The molecule has 2 aromatic rings. The summed E-state index contributed by atoms with van der Waals surface area (Å²) in [6, 6.07) is 5.68. The van der Waals surface area contributed by atoms with E-state index in [2.05, 4.69) is 15.3 Å². The number of benzene rings is 1. The molecule has 2 amide bonds. The highest BCUT2D eigenvalue weighted by Crippen LogP contribution is 2.44. The number of anilines is 3. The van der Waals surface area contributed by atoms with Crippen LogP contribution in [0.25, 0.3) is 0 Å². The van der Waals surface area contributed by atoms with Gasteiger partial charge in [0.15, 0.2) is 5.82 Å². The van der Waals surface area contributed by atoms with Crippen molar-refractivity contribution >= 4 is 29.2 Å². The summed E-state index contributed by atoms with van der Waals surface area (Å²) in [6.07, 6.45) is 1.24. The number of hydrogen-bond donors (Lipinski definition) is 2. The molecule has 4 rings (SSSR count). The smallest absolute Gasteiger partial charge is 0.415 e. The predicted octanol–water partition coefficient (Wildman–Crippen LogP) is 3.42. The lowest BCUT2D eigenvalue weighted by Crippen LogP contribution is -2.41. The molecular weight excluding hydrogens is 398 g/mol. The highest BCUT2D eigenvalue weighted by atomic mass is 16.6. The Morgan fingerprint density at radius 2 is 2.10 bits per heavy atom.